The van der Waals surface area contributed by atoms with Crippen molar-refractivity contribution in [1.29, 1.82) is 0 Å². The lowest BCUT2D eigenvalue weighted by Crippen LogP contribution is -2.38. The van der Waals surface area contributed by atoms with Crippen molar-refractivity contribution in [2.24, 2.45) is 5.10 Å². The Balaban J connectivity index is 1.41. The van der Waals surface area contributed by atoms with Crippen LogP contribution in [0.4, 0.5) is 5.69 Å². The SMILES string of the molecule is Cc1ccc(Cl)cc1NC(=O)C(=O)N/N=C\c1ccc(OCC(=O)NC2CCCCC2)cc1. The summed E-state index contributed by atoms with van der Waals surface area (Å²) in [6, 6.07) is 12.1. The molecule has 0 atom stereocenters. The van der Waals surface area contributed by atoms with Gasteiger partial charge in [-0.3, -0.25) is 14.4 Å². The maximum absolute atomic E-state index is 12.0. The molecule has 3 rings (SSSR count). The number of carbonyl (C=O) groups excluding carboxylic acids is 3. The molecule has 1 fully saturated rings. The summed E-state index contributed by atoms with van der Waals surface area (Å²) in [5, 5.41) is 9.75. The van der Waals surface area contributed by atoms with Crippen molar-refractivity contribution in [3.8, 4) is 5.75 Å². The molecule has 0 unspecified atom stereocenters. The molecule has 0 saturated heterocycles. The smallest absolute Gasteiger partial charge is 0.329 e. The number of hydrogen-bond donors (Lipinski definition) is 3. The number of hydrazone groups is 1. The van der Waals surface area contributed by atoms with E-state index < -0.39 is 11.8 Å². The van der Waals surface area contributed by atoms with Gasteiger partial charge in [-0.2, -0.15) is 5.10 Å². The van der Waals surface area contributed by atoms with Crippen LogP contribution in [0.15, 0.2) is 47.6 Å². The van der Waals surface area contributed by atoms with Crippen LogP contribution in [0.3, 0.4) is 0 Å². The van der Waals surface area contributed by atoms with E-state index in [1.165, 1.54) is 12.6 Å². The average molecular weight is 471 g/mol. The van der Waals surface area contributed by atoms with Gasteiger partial charge in [0.2, 0.25) is 0 Å². The van der Waals surface area contributed by atoms with E-state index in [-0.39, 0.29) is 18.6 Å². The highest BCUT2D eigenvalue weighted by Crippen LogP contribution is 2.20. The number of hydrogen-bond acceptors (Lipinski definition) is 5. The molecule has 1 aliphatic rings. The van der Waals surface area contributed by atoms with Crippen molar-refractivity contribution < 1.29 is 19.1 Å². The third-order valence-electron chi connectivity index (χ3n) is 5.25. The van der Waals surface area contributed by atoms with Gasteiger partial charge >= 0.3 is 11.8 Å². The van der Waals surface area contributed by atoms with E-state index in [1.54, 1.807) is 49.4 Å². The topological polar surface area (TPSA) is 109 Å². The van der Waals surface area contributed by atoms with Crippen molar-refractivity contribution in [2.45, 2.75) is 45.1 Å². The van der Waals surface area contributed by atoms with Crippen LogP contribution in [0, 0.1) is 6.92 Å². The number of ether oxygens (including phenoxy) is 1. The van der Waals surface area contributed by atoms with Crippen molar-refractivity contribution in [3.63, 3.8) is 0 Å². The van der Waals surface area contributed by atoms with Gasteiger partial charge in [0.25, 0.3) is 5.91 Å². The quantitative estimate of drug-likeness (QED) is 0.326. The zero-order valence-electron chi connectivity index (χ0n) is 18.4. The third kappa shape index (κ3) is 7.91. The molecule has 1 aliphatic carbocycles. The molecule has 0 spiro atoms. The molecule has 0 heterocycles. The van der Waals surface area contributed by atoms with Crippen LogP contribution >= 0.6 is 11.6 Å². The van der Waals surface area contributed by atoms with Gasteiger partial charge in [0.15, 0.2) is 6.61 Å². The fourth-order valence-corrected chi connectivity index (χ4v) is 3.61. The van der Waals surface area contributed by atoms with Gasteiger partial charge in [0, 0.05) is 16.8 Å². The summed E-state index contributed by atoms with van der Waals surface area (Å²) in [6.07, 6.45) is 6.99. The van der Waals surface area contributed by atoms with Crippen molar-refractivity contribution in [3.05, 3.63) is 58.6 Å². The van der Waals surface area contributed by atoms with E-state index in [0.29, 0.717) is 22.0 Å². The van der Waals surface area contributed by atoms with Gasteiger partial charge in [-0.1, -0.05) is 36.9 Å². The lowest BCUT2D eigenvalue weighted by molar-refractivity contribution is -0.136. The van der Waals surface area contributed by atoms with Crippen molar-refractivity contribution in [1.82, 2.24) is 10.7 Å². The van der Waals surface area contributed by atoms with Gasteiger partial charge in [0.05, 0.1) is 6.21 Å². The Morgan fingerprint density at radius 1 is 1.06 bits per heavy atom. The van der Waals surface area contributed by atoms with Gasteiger partial charge in [0.1, 0.15) is 5.75 Å². The van der Waals surface area contributed by atoms with E-state index in [2.05, 4.69) is 21.2 Å². The Bertz CT molecular complexity index is 1020. The summed E-state index contributed by atoms with van der Waals surface area (Å²) in [7, 11) is 0. The Morgan fingerprint density at radius 2 is 1.79 bits per heavy atom. The molecule has 3 amide bonds. The minimum Gasteiger partial charge on any atom is -0.484 e. The number of nitrogens with zero attached hydrogens (tertiary/aromatic N) is 1. The Kier molecular flexibility index (Phi) is 8.83. The van der Waals surface area contributed by atoms with Gasteiger partial charge in [-0.15, -0.1) is 0 Å². The molecule has 0 radical (unpaired) electrons. The van der Waals surface area contributed by atoms with Crippen LogP contribution in [-0.2, 0) is 14.4 Å². The zero-order chi connectivity index (χ0) is 23.6. The van der Waals surface area contributed by atoms with Crippen LogP contribution in [0.2, 0.25) is 5.02 Å². The summed E-state index contributed by atoms with van der Waals surface area (Å²) in [4.78, 5) is 36.0. The second kappa shape index (κ2) is 12.0. The fourth-order valence-electron chi connectivity index (χ4n) is 3.44. The average Bonchev–Trinajstić information content (AvgIpc) is 2.81. The normalized spacial score (nSPS) is 14.0. The molecule has 33 heavy (non-hydrogen) atoms. The summed E-state index contributed by atoms with van der Waals surface area (Å²) in [6.45, 7) is 1.75. The first-order valence-corrected chi connectivity index (χ1v) is 11.2. The maximum atomic E-state index is 12.0. The Morgan fingerprint density at radius 3 is 2.52 bits per heavy atom. The standard InChI is InChI=1S/C24H27ClN4O4/c1-16-7-10-18(25)13-21(16)28-23(31)24(32)29-26-14-17-8-11-20(12-9-17)33-15-22(30)27-19-5-3-2-4-6-19/h7-14,19H,2-6,15H2,1H3,(H,27,30)(H,28,31)(H,29,32)/b26-14-. The number of benzene rings is 2. The number of aryl methyl sites for hydroxylation is 1. The molecule has 2 aromatic carbocycles. The molecular formula is C24H27ClN4O4. The number of nitrogens with one attached hydrogen (secondary N) is 3. The van der Waals surface area contributed by atoms with Crippen LogP contribution in [-0.4, -0.2) is 36.6 Å². The van der Waals surface area contributed by atoms with Crippen molar-refractivity contribution in [2.75, 3.05) is 11.9 Å². The molecule has 2 aromatic rings. The molecule has 0 bridgehead atoms. The second-order valence-corrected chi connectivity index (χ2v) is 8.31. The summed E-state index contributed by atoms with van der Waals surface area (Å²) in [5.74, 6) is -1.34. The number of carbonyl (C=O) groups is 3. The molecule has 8 nitrogen and oxygen atoms in total. The minimum atomic E-state index is -0.908. The van der Waals surface area contributed by atoms with Crippen LogP contribution in [0.5, 0.6) is 5.75 Å². The monoisotopic (exact) mass is 470 g/mol. The lowest BCUT2D eigenvalue weighted by atomic mass is 9.95. The molecule has 0 aliphatic heterocycles. The molecule has 174 valence electrons. The zero-order valence-corrected chi connectivity index (χ0v) is 19.2. The number of anilines is 1. The van der Waals surface area contributed by atoms with E-state index in [4.69, 9.17) is 16.3 Å². The molecule has 3 N–H and O–H groups in total. The first-order chi connectivity index (χ1) is 15.9. The Labute approximate surface area is 197 Å². The maximum Gasteiger partial charge on any atom is 0.329 e. The van der Waals surface area contributed by atoms with Crippen LogP contribution in [0.25, 0.3) is 0 Å². The van der Waals surface area contributed by atoms with E-state index in [0.717, 1.165) is 31.2 Å². The minimum absolute atomic E-state index is 0.0405. The summed E-state index contributed by atoms with van der Waals surface area (Å²) < 4.78 is 5.52. The van der Waals surface area contributed by atoms with Crippen LogP contribution in [0.1, 0.15) is 43.2 Å². The summed E-state index contributed by atoms with van der Waals surface area (Å²) >= 11 is 5.91. The molecule has 0 aromatic heterocycles. The predicted molar refractivity (Wildman–Crippen MR) is 128 cm³/mol. The molecule has 1 saturated carbocycles. The summed E-state index contributed by atoms with van der Waals surface area (Å²) in [5.41, 5.74) is 4.09. The van der Waals surface area contributed by atoms with Crippen molar-refractivity contribution >= 4 is 41.2 Å². The number of halogens is 1. The highest BCUT2D eigenvalue weighted by molar-refractivity contribution is 6.40. The van der Waals surface area contributed by atoms with Gasteiger partial charge in [-0.05, 0) is 67.3 Å². The predicted octanol–water partition coefficient (Wildman–Crippen LogP) is 3.56. The van der Waals surface area contributed by atoms with Gasteiger partial charge < -0.3 is 15.4 Å². The Hall–Kier alpha value is -3.39. The lowest BCUT2D eigenvalue weighted by Gasteiger charge is -2.22. The molecule has 9 heteroatoms. The fraction of sp³-hybridized carbons (Fsp3) is 0.333. The third-order valence-corrected chi connectivity index (χ3v) is 5.49. The second-order valence-electron chi connectivity index (χ2n) is 7.87. The first kappa shape index (κ1) is 24.3. The number of rotatable bonds is 7. The highest BCUT2D eigenvalue weighted by Gasteiger charge is 2.16. The highest BCUT2D eigenvalue weighted by atomic mass is 35.5. The van der Waals surface area contributed by atoms with Gasteiger partial charge in [-0.25, -0.2) is 5.43 Å². The van der Waals surface area contributed by atoms with E-state index >= 15 is 0 Å². The van der Waals surface area contributed by atoms with E-state index in [1.807, 2.05) is 0 Å². The first-order valence-electron chi connectivity index (χ1n) is 10.8. The van der Waals surface area contributed by atoms with E-state index in [9.17, 15) is 14.4 Å². The molecular weight excluding hydrogens is 444 g/mol. The largest absolute Gasteiger partial charge is 0.484 e. The van der Waals surface area contributed by atoms with Crippen LogP contribution < -0.4 is 20.8 Å². The number of amides is 3.